The molecular weight excluding hydrogens is 360 g/mol. The number of hydrogen-bond donors (Lipinski definition) is 3. The number of carbonyl (C=O) groups excluding carboxylic acids is 1. The molecule has 1 amide bonds. The van der Waals surface area contributed by atoms with Crippen LogP contribution in [0.3, 0.4) is 0 Å². The maximum absolute atomic E-state index is 12.7. The van der Waals surface area contributed by atoms with Crippen molar-refractivity contribution in [2.24, 2.45) is 0 Å². The van der Waals surface area contributed by atoms with Gasteiger partial charge < -0.3 is 29.8 Å². The van der Waals surface area contributed by atoms with Gasteiger partial charge in [0, 0.05) is 18.3 Å². The zero-order valence-corrected chi connectivity index (χ0v) is 15.5. The highest BCUT2D eigenvalue weighted by Gasteiger charge is 2.16. The lowest BCUT2D eigenvalue weighted by molar-refractivity contribution is -0.116. The van der Waals surface area contributed by atoms with Crippen LogP contribution in [-0.4, -0.2) is 46.4 Å². The van der Waals surface area contributed by atoms with Crippen LogP contribution in [0.15, 0.2) is 42.5 Å². The Bertz CT molecular complexity index is 999. The van der Waals surface area contributed by atoms with Crippen LogP contribution >= 0.6 is 0 Å². The Morgan fingerprint density at radius 1 is 1.21 bits per heavy atom. The summed E-state index contributed by atoms with van der Waals surface area (Å²) in [4.78, 5) is 17.2. The molecule has 28 heavy (non-hydrogen) atoms. The molecule has 8 heteroatoms. The van der Waals surface area contributed by atoms with Crippen LogP contribution in [0.4, 0.5) is 11.6 Å². The van der Waals surface area contributed by atoms with E-state index in [9.17, 15) is 9.90 Å². The van der Waals surface area contributed by atoms with E-state index in [2.05, 4.69) is 15.6 Å². The number of aromatic nitrogens is 2. The Labute approximate surface area is 162 Å². The number of hydrogen-bond acceptors (Lipinski definition) is 6. The number of amides is 1. The van der Waals surface area contributed by atoms with E-state index in [0.717, 1.165) is 11.0 Å². The molecule has 0 aliphatic carbocycles. The molecule has 3 aromatic rings. The molecule has 3 N–H and O–H groups in total. The molecule has 0 radical (unpaired) electrons. The lowest BCUT2D eigenvalue weighted by Gasteiger charge is -2.19. The summed E-state index contributed by atoms with van der Waals surface area (Å²) in [6.07, 6.45) is -0.528. The normalized spacial score (nSPS) is 13.9. The zero-order chi connectivity index (χ0) is 19.5. The van der Waals surface area contributed by atoms with Crippen molar-refractivity contribution in [3.8, 4) is 11.5 Å². The van der Waals surface area contributed by atoms with Gasteiger partial charge in [-0.2, -0.15) is 0 Å². The number of imidazole rings is 1. The van der Waals surface area contributed by atoms with Gasteiger partial charge in [0.25, 0.3) is 0 Å². The fourth-order valence-electron chi connectivity index (χ4n) is 3.07. The number of ether oxygens (including phenoxy) is 2. The highest BCUT2D eigenvalue weighted by Crippen LogP contribution is 2.32. The number of nitrogens with zero attached hydrogens (tertiary/aromatic N) is 2. The Kier molecular flexibility index (Phi) is 5.03. The van der Waals surface area contributed by atoms with Gasteiger partial charge in [-0.3, -0.25) is 4.79 Å². The SMILES string of the molecule is CC(O)CNc1nc2ccccc2n1CC(=O)Nc1ccc2c(c1)OCCO2. The number of carbonyl (C=O) groups is 1. The number of nitrogens with one attached hydrogen (secondary N) is 2. The lowest BCUT2D eigenvalue weighted by Crippen LogP contribution is -2.23. The summed E-state index contributed by atoms with van der Waals surface area (Å²) in [5, 5.41) is 15.5. The highest BCUT2D eigenvalue weighted by molar-refractivity contribution is 5.92. The van der Waals surface area contributed by atoms with Crippen LogP contribution in [-0.2, 0) is 11.3 Å². The molecule has 1 atom stereocenters. The molecule has 8 nitrogen and oxygen atoms in total. The molecule has 1 aliphatic rings. The average molecular weight is 382 g/mol. The summed E-state index contributed by atoms with van der Waals surface area (Å²) in [6, 6.07) is 12.9. The van der Waals surface area contributed by atoms with Gasteiger partial charge in [0.1, 0.15) is 19.8 Å². The number of fused-ring (bicyclic) bond motifs is 2. The van der Waals surface area contributed by atoms with Gasteiger partial charge >= 0.3 is 0 Å². The second-order valence-electron chi connectivity index (χ2n) is 6.65. The third kappa shape index (κ3) is 3.86. The molecular formula is C20H22N4O4. The molecule has 146 valence electrons. The number of anilines is 2. The number of rotatable bonds is 6. The molecule has 2 heterocycles. The third-order valence-corrected chi connectivity index (χ3v) is 4.34. The minimum absolute atomic E-state index is 0.0805. The summed E-state index contributed by atoms with van der Waals surface area (Å²) in [5.74, 6) is 1.64. The van der Waals surface area contributed by atoms with Crippen LogP contribution in [0.1, 0.15) is 6.92 Å². The van der Waals surface area contributed by atoms with Crippen molar-refractivity contribution in [3.05, 3.63) is 42.5 Å². The van der Waals surface area contributed by atoms with Crippen LogP contribution in [0.5, 0.6) is 11.5 Å². The maximum atomic E-state index is 12.7. The monoisotopic (exact) mass is 382 g/mol. The van der Waals surface area contributed by atoms with Gasteiger partial charge in [-0.05, 0) is 31.2 Å². The first kappa shape index (κ1) is 18.1. The van der Waals surface area contributed by atoms with Crippen molar-refractivity contribution >= 4 is 28.6 Å². The number of aliphatic hydroxyl groups excluding tert-OH is 1. The smallest absolute Gasteiger partial charge is 0.244 e. The van der Waals surface area contributed by atoms with E-state index >= 15 is 0 Å². The Morgan fingerprint density at radius 2 is 2.00 bits per heavy atom. The summed E-state index contributed by atoms with van der Waals surface area (Å²) in [6.45, 7) is 3.12. The van der Waals surface area contributed by atoms with Crippen molar-refractivity contribution in [1.29, 1.82) is 0 Å². The van der Waals surface area contributed by atoms with E-state index in [1.165, 1.54) is 0 Å². The molecule has 2 aromatic carbocycles. The predicted molar refractivity (Wildman–Crippen MR) is 106 cm³/mol. The average Bonchev–Trinajstić information content (AvgIpc) is 3.04. The Balaban J connectivity index is 1.53. The number of benzene rings is 2. The molecule has 0 fully saturated rings. The Morgan fingerprint density at radius 3 is 2.82 bits per heavy atom. The first-order valence-electron chi connectivity index (χ1n) is 9.17. The van der Waals surface area contributed by atoms with Crippen molar-refractivity contribution in [2.75, 3.05) is 30.4 Å². The molecule has 1 aromatic heterocycles. The Hall–Kier alpha value is -3.26. The van der Waals surface area contributed by atoms with Crippen molar-refractivity contribution in [2.45, 2.75) is 19.6 Å². The van der Waals surface area contributed by atoms with Gasteiger partial charge in [0.05, 0.1) is 17.1 Å². The van der Waals surface area contributed by atoms with Gasteiger partial charge in [-0.1, -0.05) is 12.1 Å². The van der Waals surface area contributed by atoms with E-state index in [4.69, 9.17) is 9.47 Å². The van der Waals surface area contributed by atoms with Crippen LogP contribution in [0.2, 0.25) is 0 Å². The van der Waals surface area contributed by atoms with Crippen LogP contribution < -0.4 is 20.1 Å². The minimum atomic E-state index is -0.528. The number of para-hydroxylation sites is 2. The lowest BCUT2D eigenvalue weighted by atomic mass is 10.2. The maximum Gasteiger partial charge on any atom is 0.244 e. The second kappa shape index (κ2) is 7.77. The minimum Gasteiger partial charge on any atom is -0.486 e. The third-order valence-electron chi connectivity index (χ3n) is 4.34. The highest BCUT2D eigenvalue weighted by atomic mass is 16.6. The molecule has 0 bridgehead atoms. The van der Waals surface area contributed by atoms with Gasteiger partial charge in [-0.25, -0.2) is 4.98 Å². The molecule has 1 unspecified atom stereocenters. The molecule has 0 saturated carbocycles. The van der Waals surface area contributed by atoms with Gasteiger partial charge in [0.15, 0.2) is 11.5 Å². The quantitative estimate of drug-likeness (QED) is 0.605. The van der Waals surface area contributed by atoms with E-state index < -0.39 is 6.10 Å². The molecule has 4 rings (SSSR count). The van der Waals surface area contributed by atoms with E-state index in [1.54, 1.807) is 29.7 Å². The van der Waals surface area contributed by atoms with E-state index in [1.807, 2.05) is 24.3 Å². The van der Waals surface area contributed by atoms with Crippen molar-refractivity contribution in [1.82, 2.24) is 9.55 Å². The standard InChI is InChI=1S/C20H22N4O4/c1-13(25)11-21-20-23-15-4-2-3-5-16(15)24(20)12-19(26)22-14-6-7-17-18(10-14)28-9-8-27-17/h2-7,10,13,25H,8-9,11-12H2,1H3,(H,21,23)(H,22,26). The predicted octanol–water partition coefficient (Wildman–Crippen LogP) is 2.24. The summed E-state index contributed by atoms with van der Waals surface area (Å²) in [7, 11) is 0. The summed E-state index contributed by atoms with van der Waals surface area (Å²) < 4.78 is 12.9. The fraction of sp³-hybridized carbons (Fsp3) is 0.300. The van der Waals surface area contributed by atoms with Gasteiger partial charge in [-0.15, -0.1) is 0 Å². The summed E-state index contributed by atoms with van der Waals surface area (Å²) in [5.41, 5.74) is 2.26. The van der Waals surface area contributed by atoms with E-state index in [0.29, 0.717) is 42.9 Å². The fourth-order valence-corrected chi connectivity index (χ4v) is 3.07. The van der Waals surface area contributed by atoms with Gasteiger partial charge in [0.2, 0.25) is 11.9 Å². The first-order valence-corrected chi connectivity index (χ1v) is 9.17. The van der Waals surface area contributed by atoms with Crippen LogP contribution in [0.25, 0.3) is 11.0 Å². The van der Waals surface area contributed by atoms with Crippen molar-refractivity contribution < 1.29 is 19.4 Å². The first-order chi connectivity index (χ1) is 13.6. The molecule has 1 aliphatic heterocycles. The second-order valence-corrected chi connectivity index (χ2v) is 6.65. The summed E-state index contributed by atoms with van der Waals surface area (Å²) >= 11 is 0. The largest absolute Gasteiger partial charge is 0.486 e. The number of aliphatic hydroxyl groups is 1. The van der Waals surface area contributed by atoms with E-state index in [-0.39, 0.29) is 12.5 Å². The van der Waals surface area contributed by atoms with Crippen LogP contribution in [0, 0.1) is 0 Å². The topological polar surface area (TPSA) is 97.6 Å². The molecule has 0 spiro atoms. The molecule has 0 saturated heterocycles. The van der Waals surface area contributed by atoms with Crippen molar-refractivity contribution in [3.63, 3.8) is 0 Å². The zero-order valence-electron chi connectivity index (χ0n) is 15.5.